The van der Waals surface area contributed by atoms with Crippen molar-refractivity contribution in [3.05, 3.63) is 0 Å². The summed E-state index contributed by atoms with van der Waals surface area (Å²) in [7, 11) is -8.69. The van der Waals surface area contributed by atoms with Crippen LogP contribution in [0.15, 0.2) is 0 Å². The van der Waals surface area contributed by atoms with E-state index < -0.39 is 243 Å². The molecule has 10 unspecified atom stereocenters. The smallest absolute Gasteiger partial charge is 0.394 e. The maximum atomic E-state index is 11.7. The van der Waals surface area contributed by atoms with Gasteiger partial charge in [0.1, 0.15) is 73.2 Å². The first-order valence-electron chi connectivity index (χ1n) is 28.3. The van der Waals surface area contributed by atoms with Crippen molar-refractivity contribution in [1.29, 1.82) is 0 Å². The summed E-state index contributed by atoms with van der Waals surface area (Å²) in [6.45, 7) is 1.88. The fraction of sp³-hybridized carbons (Fsp3) is 1.00. The Bertz CT molecular complexity index is 2310. The number of rotatable bonds is 23. The quantitative estimate of drug-likeness (QED) is 0.0423. The van der Waals surface area contributed by atoms with Gasteiger partial charge in [-0.15, -0.1) is 0 Å². The molecule has 35 nitrogen and oxygen atoms in total. The zero-order chi connectivity index (χ0) is 62.7. The van der Waals surface area contributed by atoms with Gasteiger partial charge < -0.3 is 132 Å². The molecule has 8 aliphatic heterocycles. The molecule has 0 aromatic rings. The first-order valence-corrected chi connectivity index (χ1v) is 31.1. The third kappa shape index (κ3) is 17.7. The second-order valence-corrected chi connectivity index (χ2v) is 25.0. The van der Waals surface area contributed by atoms with Gasteiger partial charge in [-0.3, -0.25) is 9.11 Å². The lowest BCUT2D eigenvalue weighted by molar-refractivity contribution is -0.360. The van der Waals surface area contributed by atoms with Gasteiger partial charge in [-0.2, -0.15) is 16.8 Å². The van der Waals surface area contributed by atoms with Crippen LogP contribution in [0, 0.1) is 23.7 Å². The van der Waals surface area contributed by atoms with Crippen molar-refractivity contribution >= 4 is 20.8 Å². The molecule has 8 aliphatic rings. The molecule has 8 saturated heterocycles. The molecule has 0 spiro atoms. The lowest BCUT2D eigenvalue weighted by Gasteiger charge is -2.48. The minimum Gasteiger partial charge on any atom is -0.394 e. The van der Waals surface area contributed by atoms with Crippen molar-refractivity contribution in [2.45, 2.75) is 226 Å². The molecule has 0 saturated carbocycles. The maximum absolute atomic E-state index is 11.7. The Morgan fingerprint density at radius 1 is 0.384 bits per heavy atom. The minimum absolute atomic E-state index is 0.184. The standard InChI is InChI=1S/C49H84O35S2/c1-18-38(57)42(27(10-50)74-46(18)67-5)81-35-7-23(53)30(14-69-35)78-49-21(4)41(60)45(33(80-49)17-73-86(64,65)66)84-37-9-25(55)29(13-71-37)76-47-19(2)39(58)43(28(11-51)75-47)82-36-8-24(54)31(15-70-36)77-48-20(3)40(59)44(32(79-48)16-72-85(61,62)63)83-34-6-22(52)26(56)12-68-34/h18-60H,6-17H2,1-5H3,(H,61,62,63)(H,64,65,66)/t18?,19?,20?,21?,22-,23-,24-,25-,26+,27?,28?,29?,30+,31-,32?,33?,34-,35-,36-,37-,38+,39+,40+,41+,42+,43+,44+,45+,46-,47-,48+,49?/m0/s1. The second-order valence-electron chi connectivity index (χ2n) is 22.9. The zero-order valence-corrected chi connectivity index (χ0v) is 49.2. The Labute approximate surface area is 495 Å². The molecule has 502 valence electrons. The predicted molar refractivity (Wildman–Crippen MR) is 273 cm³/mol. The SMILES string of the molecule is CO[C@H]1OC(CO)[C@@H](O[C@H]2C[C@H](O)[C@H](OC3OC(COS(=O)(=O)O)[C@@H](O[C@H]4C[C@H](O)C(O[C@@H]5OC(CO)[C@@H](O[C@H]6C[C@H](O)[C@@H](O[C@@H]7OC(COS(=O)(=O)O)[C@@H](O[C@H]8C[C@H](O)[C@H](O)CO8)[C@H](O)C7C)CO6)[C@H](O)C5C)CO4)[C@H](O)C3C)CO2)[C@H](O)C1C. The highest BCUT2D eigenvalue weighted by Crippen LogP contribution is 2.39. The van der Waals surface area contributed by atoms with Crippen molar-refractivity contribution < 1.29 is 166 Å². The highest BCUT2D eigenvalue weighted by atomic mass is 32.3. The van der Waals surface area contributed by atoms with Gasteiger partial charge >= 0.3 is 20.8 Å². The van der Waals surface area contributed by atoms with Crippen molar-refractivity contribution in [3.63, 3.8) is 0 Å². The number of hydrogen-bond acceptors (Lipinski definition) is 33. The van der Waals surface area contributed by atoms with Crippen LogP contribution in [0.25, 0.3) is 0 Å². The topological polar surface area (TPSA) is 497 Å². The molecule has 0 radical (unpaired) electrons. The van der Waals surface area contributed by atoms with E-state index in [1.54, 1.807) is 6.92 Å². The van der Waals surface area contributed by atoms with E-state index in [2.05, 4.69) is 8.37 Å². The summed E-state index contributed by atoms with van der Waals surface area (Å²) in [4.78, 5) is 0. The van der Waals surface area contributed by atoms with Crippen molar-refractivity contribution in [2.75, 3.05) is 60.0 Å². The van der Waals surface area contributed by atoms with Crippen LogP contribution in [0.1, 0.15) is 53.4 Å². The van der Waals surface area contributed by atoms with Gasteiger partial charge in [0.2, 0.25) is 0 Å². The van der Waals surface area contributed by atoms with E-state index in [0.29, 0.717) is 0 Å². The monoisotopic (exact) mass is 1300 g/mol. The molecule has 37 heteroatoms. The van der Waals surface area contributed by atoms with Gasteiger partial charge in [0.15, 0.2) is 50.3 Å². The van der Waals surface area contributed by atoms with Crippen LogP contribution in [-0.2, 0) is 105 Å². The summed E-state index contributed by atoms with van der Waals surface area (Å²) in [6.07, 6.45) is -36.3. The number of ether oxygens (including phenoxy) is 16. The van der Waals surface area contributed by atoms with Crippen LogP contribution in [-0.4, -0.2) is 314 Å². The highest BCUT2D eigenvalue weighted by Gasteiger charge is 2.53. The third-order valence-electron chi connectivity index (χ3n) is 16.7. The Morgan fingerprint density at radius 2 is 0.663 bits per heavy atom. The molecule has 32 atom stereocenters. The number of hydrogen-bond donors (Lipinski definition) is 13. The van der Waals surface area contributed by atoms with Gasteiger partial charge in [0.05, 0.1) is 102 Å². The third-order valence-corrected chi connectivity index (χ3v) is 17.6. The van der Waals surface area contributed by atoms with Crippen molar-refractivity contribution in [1.82, 2.24) is 0 Å². The normalized spacial score (nSPS) is 48.4. The van der Waals surface area contributed by atoms with E-state index in [4.69, 9.17) is 75.8 Å². The van der Waals surface area contributed by atoms with Crippen LogP contribution in [0.5, 0.6) is 0 Å². The van der Waals surface area contributed by atoms with Crippen LogP contribution < -0.4 is 0 Å². The van der Waals surface area contributed by atoms with E-state index >= 15 is 0 Å². The lowest BCUT2D eigenvalue weighted by Crippen LogP contribution is -2.61. The van der Waals surface area contributed by atoms with E-state index in [0.717, 1.165) is 0 Å². The van der Waals surface area contributed by atoms with Crippen molar-refractivity contribution in [2.24, 2.45) is 23.7 Å². The molecule has 8 rings (SSSR count). The largest absolute Gasteiger partial charge is 0.397 e. The molecule has 8 fully saturated rings. The van der Waals surface area contributed by atoms with Gasteiger partial charge in [-0.1, -0.05) is 27.7 Å². The Morgan fingerprint density at radius 3 is 0.953 bits per heavy atom. The van der Waals surface area contributed by atoms with Crippen LogP contribution in [0.3, 0.4) is 0 Å². The molecule has 0 bridgehead atoms. The number of aliphatic hydroxyl groups is 11. The molecular weight excluding hydrogens is 1210 g/mol. The van der Waals surface area contributed by atoms with Gasteiger partial charge in [0, 0.05) is 56.5 Å². The summed E-state index contributed by atoms with van der Waals surface area (Å²) in [5.41, 5.74) is 0. The van der Waals surface area contributed by atoms with E-state index in [-0.39, 0.29) is 52.1 Å². The fourth-order valence-electron chi connectivity index (χ4n) is 11.4. The molecule has 0 amide bonds. The predicted octanol–water partition coefficient (Wildman–Crippen LogP) is -6.37. The summed E-state index contributed by atoms with van der Waals surface area (Å²) < 4.78 is 168. The van der Waals surface area contributed by atoms with E-state index in [1.807, 2.05) is 0 Å². The number of methoxy groups -OCH3 is 1. The summed E-state index contributed by atoms with van der Waals surface area (Å²) in [5, 5.41) is 120. The summed E-state index contributed by atoms with van der Waals surface area (Å²) >= 11 is 0. The first-order chi connectivity index (χ1) is 40.6. The van der Waals surface area contributed by atoms with Crippen LogP contribution in [0.2, 0.25) is 0 Å². The van der Waals surface area contributed by atoms with Gasteiger partial charge in [-0.25, -0.2) is 8.37 Å². The molecule has 8 heterocycles. The average molecular weight is 1300 g/mol. The highest BCUT2D eigenvalue weighted by molar-refractivity contribution is 7.81. The fourth-order valence-corrected chi connectivity index (χ4v) is 12.0. The van der Waals surface area contributed by atoms with E-state index in [1.165, 1.54) is 27.9 Å². The molecular formula is C49H84O35S2. The van der Waals surface area contributed by atoms with Gasteiger partial charge in [-0.05, 0) is 0 Å². The first kappa shape index (κ1) is 70.5. The van der Waals surface area contributed by atoms with Crippen molar-refractivity contribution in [3.8, 4) is 0 Å². The molecule has 13 N–H and O–H groups in total. The van der Waals surface area contributed by atoms with Crippen LogP contribution >= 0.6 is 0 Å². The second kappa shape index (κ2) is 30.6. The minimum atomic E-state index is -5.07. The Hall–Kier alpha value is -1.34. The van der Waals surface area contributed by atoms with Crippen LogP contribution in [0.4, 0.5) is 0 Å². The summed E-state index contributed by atoms with van der Waals surface area (Å²) in [6, 6.07) is 0. The Kier molecular flexibility index (Phi) is 25.1. The zero-order valence-electron chi connectivity index (χ0n) is 47.6. The van der Waals surface area contributed by atoms with Gasteiger partial charge in [0.25, 0.3) is 0 Å². The molecule has 0 aliphatic carbocycles. The lowest BCUT2D eigenvalue weighted by atomic mass is 9.91. The molecule has 0 aromatic carbocycles. The number of aliphatic hydroxyl groups excluding tert-OH is 11. The average Bonchev–Trinajstić information content (AvgIpc) is 3.65. The summed E-state index contributed by atoms with van der Waals surface area (Å²) in [5.74, 6) is -3.37. The van der Waals surface area contributed by atoms with E-state index in [9.17, 15) is 82.1 Å². The molecule has 0 aromatic heterocycles. The maximum Gasteiger partial charge on any atom is 0.397 e. The Balaban J connectivity index is 0.805. The molecule has 86 heavy (non-hydrogen) atoms.